The van der Waals surface area contributed by atoms with Crippen molar-refractivity contribution >= 4 is 29.0 Å². The van der Waals surface area contributed by atoms with E-state index in [0.29, 0.717) is 0 Å². The van der Waals surface area contributed by atoms with Gasteiger partial charge in [-0.15, -0.1) is 0 Å². The molecule has 21 heavy (non-hydrogen) atoms. The Bertz CT molecular complexity index is 529. The maximum atomic E-state index is 12.3. The van der Waals surface area contributed by atoms with Gasteiger partial charge in [-0.2, -0.15) is 0 Å². The number of hydrogen-bond donors (Lipinski definition) is 3. The van der Waals surface area contributed by atoms with Crippen LogP contribution in [-0.2, 0) is 9.59 Å². The molecule has 0 aromatic heterocycles. The highest BCUT2D eigenvalue weighted by Gasteiger charge is 2.29. The summed E-state index contributed by atoms with van der Waals surface area (Å²) in [4.78, 5) is 24.1. The Morgan fingerprint density at radius 3 is 2.33 bits per heavy atom. The summed E-state index contributed by atoms with van der Waals surface area (Å²) in [5.74, 6) is -1.14. The van der Waals surface area contributed by atoms with Gasteiger partial charge in [0, 0.05) is 13.6 Å². The largest absolute Gasteiger partial charge is 0.392 e. The second kappa shape index (κ2) is 7.17. The van der Waals surface area contributed by atoms with Crippen molar-refractivity contribution in [1.82, 2.24) is 10.6 Å². The molecule has 1 aromatic carbocycles. The number of thiocarbonyl (C=S) groups is 1. The first-order valence-electron chi connectivity index (χ1n) is 6.63. The second-order valence-corrected chi connectivity index (χ2v) is 5.90. The molecule has 2 amide bonds. The molecule has 0 saturated carbocycles. The molecule has 1 unspecified atom stereocenters. The van der Waals surface area contributed by atoms with Crippen LogP contribution in [0.4, 0.5) is 0 Å². The van der Waals surface area contributed by atoms with Crippen molar-refractivity contribution in [2.45, 2.75) is 19.8 Å². The molecule has 0 aliphatic heterocycles. The molecule has 0 radical (unpaired) electrons. The van der Waals surface area contributed by atoms with Gasteiger partial charge in [-0.05, 0) is 19.4 Å². The molecule has 0 saturated heterocycles. The van der Waals surface area contributed by atoms with E-state index in [-0.39, 0.29) is 23.3 Å². The van der Waals surface area contributed by atoms with E-state index < -0.39 is 11.3 Å². The zero-order valence-corrected chi connectivity index (χ0v) is 13.3. The lowest BCUT2D eigenvalue weighted by Crippen LogP contribution is -2.46. The quantitative estimate of drug-likeness (QED) is 0.683. The Hall–Kier alpha value is -1.95. The molecule has 5 nitrogen and oxygen atoms in total. The highest BCUT2D eigenvalue weighted by Crippen LogP contribution is 2.18. The lowest BCUT2D eigenvalue weighted by molar-refractivity contribution is -0.129. The Morgan fingerprint density at radius 1 is 1.29 bits per heavy atom. The molecule has 0 bridgehead atoms. The average Bonchev–Trinajstić information content (AvgIpc) is 2.45. The van der Waals surface area contributed by atoms with Crippen LogP contribution >= 0.6 is 12.2 Å². The van der Waals surface area contributed by atoms with Crippen molar-refractivity contribution in [3.63, 3.8) is 0 Å². The fraction of sp³-hybridized carbons (Fsp3) is 0.400. The summed E-state index contributed by atoms with van der Waals surface area (Å²) in [6, 6.07) is 9.10. The number of nitrogens with one attached hydrogen (secondary N) is 2. The number of carbonyl (C=O) groups excluding carboxylic acids is 2. The van der Waals surface area contributed by atoms with Gasteiger partial charge in [0.05, 0.1) is 10.4 Å². The summed E-state index contributed by atoms with van der Waals surface area (Å²) in [5, 5.41) is 5.32. The number of benzene rings is 1. The van der Waals surface area contributed by atoms with E-state index >= 15 is 0 Å². The fourth-order valence-electron chi connectivity index (χ4n) is 1.92. The minimum Gasteiger partial charge on any atom is -0.392 e. The van der Waals surface area contributed by atoms with Crippen molar-refractivity contribution in [2.24, 2.45) is 11.1 Å². The number of hydrogen-bond acceptors (Lipinski definition) is 3. The van der Waals surface area contributed by atoms with Crippen molar-refractivity contribution in [3.05, 3.63) is 35.9 Å². The van der Waals surface area contributed by atoms with E-state index in [1.54, 1.807) is 33.0 Å². The van der Waals surface area contributed by atoms with E-state index in [4.69, 9.17) is 18.0 Å². The molecule has 1 atom stereocenters. The molecule has 0 fully saturated rings. The van der Waals surface area contributed by atoms with Gasteiger partial charge in [-0.25, -0.2) is 0 Å². The third-order valence-electron chi connectivity index (χ3n) is 3.23. The summed E-state index contributed by atoms with van der Waals surface area (Å²) in [5.41, 5.74) is 5.72. The first kappa shape index (κ1) is 17.1. The molecule has 0 aliphatic carbocycles. The summed E-state index contributed by atoms with van der Waals surface area (Å²) in [6.45, 7) is 3.71. The third-order valence-corrected chi connectivity index (χ3v) is 3.46. The molecule has 114 valence electrons. The van der Waals surface area contributed by atoms with Gasteiger partial charge in [-0.3, -0.25) is 9.59 Å². The maximum absolute atomic E-state index is 12.3. The predicted molar refractivity (Wildman–Crippen MR) is 86.8 cm³/mol. The molecule has 0 spiro atoms. The molecule has 4 N–H and O–H groups in total. The van der Waals surface area contributed by atoms with Gasteiger partial charge in [0.15, 0.2) is 0 Å². The first-order valence-corrected chi connectivity index (χ1v) is 7.04. The van der Waals surface area contributed by atoms with Gasteiger partial charge < -0.3 is 16.4 Å². The topological polar surface area (TPSA) is 84.2 Å². The smallest absolute Gasteiger partial charge is 0.234 e. The SMILES string of the molecule is CNC(=O)C(C)(C)CNC(=O)C(C(N)=S)c1ccccc1. The van der Waals surface area contributed by atoms with Crippen molar-refractivity contribution < 1.29 is 9.59 Å². The Balaban J connectivity index is 2.81. The van der Waals surface area contributed by atoms with E-state index in [2.05, 4.69) is 10.6 Å². The van der Waals surface area contributed by atoms with Crippen LogP contribution in [0.1, 0.15) is 25.3 Å². The summed E-state index contributed by atoms with van der Waals surface area (Å²) >= 11 is 4.99. The molecule has 1 aromatic rings. The molecule has 6 heteroatoms. The number of rotatable bonds is 6. The van der Waals surface area contributed by atoms with Gasteiger partial charge >= 0.3 is 0 Å². The highest BCUT2D eigenvalue weighted by molar-refractivity contribution is 7.80. The summed E-state index contributed by atoms with van der Waals surface area (Å²) in [7, 11) is 1.56. The molecular formula is C15H21N3O2S. The third kappa shape index (κ3) is 4.53. The van der Waals surface area contributed by atoms with Crippen LogP contribution in [0.3, 0.4) is 0 Å². The van der Waals surface area contributed by atoms with Crippen LogP contribution in [-0.4, -0.2) is 30.4 Å². The van der Waals surface area contributed by atoms with Gasteiger partial charge in [0.25, 0.3) is 0 Å². The summed E-state index contributed by atoms with van der Waals surface area (Å²) in [6.07, 6.45) is 0. The molecular weight excluding hydrogens is 286 g/mol. The van der Waals surface area contributed by atoms with Crippen LogP contribution < -0.4 is 16.4 Å². The number of nitrogens with two attached hydrogens (primary N) is 1. The monoisotopic (exact) mass is 307 g/mol. The highest BCUT2D eigenvalue weighted by atomic mass is 32.1. The first-order chi connectivity index (χ1) is 9.79. The Morgan fingerprint density at radius 2 is 1.86 bits per heavy atom. The molecule has 0 heterocycles. The van der Waals surface area contributed by atoms with E-state index in [1.165, 1.54) is 0 Å². The molecule has 0 aliphatic rings. The van der Waals surface area contributed by atoms with Crippen molar-refractivity contribution in [3.8, 4) is 0 Å². The van der Waals surface area contributed by atoms with Crippen LogP contribution in [0.2, 0.25) is 0 Å². The zero-order chi connectivity index (χ0) is 16.0. The van der Waals surface area contributed by atoms with Gasteiger partial charge in [-0.1, -0.05) is 42.5 Å². The Labute approximate surface area is 130 Å². The van der Waals surface area contributed by atoms with Crippen LogP contribution in [0.15, 0.2) is 30.3 Å². The minimum atomic E-state index is -0.706. The maximum Gasteiger partial charge on any atom is 0.234 e. The second-order valence-electron chi connectivity index (χ2n) is 5.43. The standard InChI is InChI=1S/C15H21N3O2S/c1-15(2,14(20)17-3)9-18-13(19)11(12(16)21)10-7-5-4-6-8-10/h4-8,11H,9H2,1-3H3,(H2,16,21)(H,17,20)(H,18,19). The van der Waals surface area contributed by atoms with Crippen LogP contribution in [0, 0.1) is 5.41 Å². The van der Waals surface area contributed by atoms with E-state index in [0.717, 1.165) is 5.56 Å². The normalized spacial score (nSPS) is 12.3. The van der Waals surface area contributed by atoms with Crippen LogP contribution in [0.5, 0.6) is 0 Å². The molecule has 1 rings (SSSR count). The number of carbonyl (C=O) groups is 2. The number of amides is 2. The average molecular weight is 307 g/mol. The van der Waals surface area contributed by atoms with Crippen LogP contribution in [0.25, 0.3) is 0 Å². The zero-order valence-electron chi connectivity index (χ0n) is 12.5. The van der Waals surface area contributed by atoms with Crippen molar-refractivity contribution in [2.75, 3.05) is 13.6 Å². The lowest BCUT2D eigenvalue weighted by atomic mass is 9.91. The Kier molecular flexibility index (Phi) is 5.84. The summed E-state index contributed by atoms with van der Waals surface area (Å²) < 4.78 is 0. The fourth-order valence-corrected chi connectivity index (χ4v) is 2.16. The van der Waals surface area contributed by atoms with E-state index in [1.807, 2.05) is 18.2 Å². The minimum absolute atomic E-state index is 0.108. The lowest BCUT2D eigenvalue weighted by Gasteiger charge is -2.24. The van der Waals surface area contributed by atoms with Gasteiger partial charge in [0.1, 0.15) is 5.92 Å². The van der Waals surface area contributed by atoms with E-state index in [9.17, 15) is 9.59 Å². The van der Waals surface area contributed by atoms with Gasteiger partial charge in [0.2, 0.25) is 11.8 Å². The predicted octanol–water partition coefficient (Wildman–Crippen LogP) is 0.945. The van der Waals surface area contributed by atoms with Crippen molar-refractivity contribution in [1.29, 1.82) is 0 Å².